The van der Waals surface area contributed by atoms with Gasteiger partial charge in [-0.25, -0.2) is 21.2 Å². The summed E-state index contributed by atoms with van der Waals surface area (Å²) in [6.07, 6.45) is 1.53. The first-order valence-corrected chi connectivity index (χ1v) is 15.8. The van der Waals surface area contributed by atoms with E-state index in [0.29, 0.717) is 11.3 Å². The van der Waals surface area contributed by atoms with Gasteiger partial charge in [0, 0.05) is 49.2 Å². The number of amides is 1. The normalized spacial score (nSPS) is 17.4. The molecule has 11 heteroatoms. The Balaban J connectivity index is 1.84. The Kier molecular flexibility index (Phi) is 9.05. The van der Waals surface area contributed by atoms with Gasteiger partial charge in [-0.3, -0.25) is 4.79 Å². The summed E-state index contributed by atoms with van der Waals surface area (Å²) >= 11 is 0. The third kappa shape index (κ3) is 7.21. The van der Waals surface area contributed by atoms with E-state index in [2.05, 4.69) is 5.32 Å². The minimum atomic E-state index is -4.03. The van der Waals surface area contributed by atoms with E-state index in [1.807, 2.05) is 45.0 Å². The number of halogens is 1. The van der Waals surface area contributed by atoms with Crippen molar-refractivity contribution in [1.82, 2.24) is 9.62 Å². The largest absolute Gasteiger partial charge is 0.491 e. The van der Waals surface area contributed by atoms with E-state index in [1.165, 1.54) is 23.4 Å². The van der Waals surface area contributed by atoms with Gasteiger partial charge in [0.25, 0.3) is 5.91 Å². The molecule has 0 unspecified atom stereocenters. The zero-order chi connectivity index (χ0) is 28.3. The number of sulfone groups is 1. The molecule has 1 N–H and O–H groups in total. The summed E-state index contributed by atoms with van der Waals surface area (Å²) in [6, 6.07) is 11.5. The van der Waals surface area contributed by atoms with E-state index in [9.17, 15) is 21.6 Å². The second-order valence-electron chi connectivity index (χ2n) is 9.93. The summed E-state index contributed by atoms with van der Waals surface area (Å²) in [5.41, 5.74) is -0.148. The number of hydrogen-bond donors (Lipinski definition) is 1. The molecule has 2 aromatic carbocycles. The topological polar surface area (TPSA) is 110 Å². The lowest BCUT2D eigenvalue weighted by atomic mass is 9.93. The second kappa shape index (κ2) is 11.5. The molecular formula is C27H35FN2O6S2. The average Bonchev–Trinajstić information content (AvgIpc) is 2.82. The Bertz CT molecular complexity index is 1410. The van der Waals surface area contributed by atoms with E-state index < -0.39 is 37.5 Å². The molecule has 0 radical (unpaired) electrons. The van der Waals surface area contributed by atoms with Crippen LogP contribution < -0.4 is 10.1 Å². The van der Waals surface area contributed by atoms with Crippen LogP contribution in [0.15, 0.2) is 58.8 Å². The lowest BCUT2D eigenvalue weighted by Gasteiger charge is -2.35. The number of nitrogens with zero attached hydrogens (tertiary/aromatic N) is 1. The molecular weight excluding hydrogens is 531 g/mol. The van der Waals surface area contributed by atoms with Gasteiger partial charge in [-0.15, -0.1) is 0 Å². The second-order valence-corrected chi connectivity index (χ2v) is 13.8. The van der Waals surface area contributed by atoms with Crippen LogP contribution in [-0.2, 0) is 24.7 Å². The van der Waals surface area contributed by atoms with Crippen molar-refractivity contribution in [2.45, 2.75) is 63.2 Å². The first-order valence-electron chi connectivity index (χ1n) is 12.4. The van der Waals surface area contributed by atoms with Crippen molar-refractivity contribution in [3.05, 3.63) is 59.5 Å². The van der Waals surface area contributed by atoms with Crippen molar-refractivity contribution in [3.63, 3.8) is 0 Å². The molecule has 1 saturated heterocycles. The Morgan fingerprint density at radius 2 is 1.68 bits per heavy atom. The molecule has 0 aliphatic carbocycles. The third-order valence-corrected chi connectivity index (χ3v) is 8.88. The molecule has 0 spiro atoms. The summed E-state index contributed by atoms with van der Waals surface area (Å²) in [6.45, 7) is 6.82. The number of carbonyl (C=O) groups is 1. The van der Waals surface area contributed by atoms with E-state index in [4.69, 9.17) is 4.74 Å². The van der Waals surface area contributed by atoms with Gasteiger partial charge < -0.3 is 10.1 Å². The van der Waals surface area contributed by atoms with Crippen LogP contribution in [0.3, 0.4) is 0 Å². The van der Waals surface area contributed by atoms with Gasteiger partial charge in [0.1, 0.15) is 5.75 Å². The highest BCUT2D eigenvalue weighted by atomic mass is 32.2. The first kappa shape index (κ1) is 29.8. The number of hydrogen-bond acceptors (Lipinski definition) is 6. The average molecular weight is 567 g/mol. The molecule has 1 fully saturated rings. The lowest BCUT2D eigenvalue weighted by Crippen LogP contribution is -2.53. The first-order chi connectivity index (χ1) is 17.6. The van der Waals surface area contributed by atoms with E-state index in [1.54, 1.807) is 12.1 Å². The number of nitrogens with one attached hydrogen (secondary N) is 1. The highest BCUT2D eigenvalue weighted by molar-refractivity contribution is 7.93. The molecule has 0 aromatic heterocycles. The van der Waals surface area contributed by atoms with Crippen molar-refractivity contribution in [2.75, 3.05) is 19.3 Å². The van der Waals surface area contributed by atoms with Gasteiger partial charge in [-0.1, -0.05) is 30.3 Å². The zero-order valence-electron chi connectivity index (χ0n) is 22.3. The molecule has 3 rings (SSSR count). The van der Waals surface area contributed by atoms with Crippen molar-refractivity contribution in [3.8, 4) is 16.9 Å². The van der Waals surface area contributed by atoms with Crippen LogP contribution >= 0.6 is 0 Å². The Labute approximate surface area is 224 Å². The van der Waals surface area contributed by atoms with Gasteiger partial charge in [0.2, 0.25) is 10.0 Å². The molecule has 1 aliphatic rings. The van der Waals surface area contributed by atoms with Gasteiger partial charge in [0.05, 0.1) is 11.0 Å². The lowest BCUT2D eigenvalue weighted by molar-refractivity contribution is -0.135. The van der Waals surface area contributed by atoms with E-state index in [-0.39, 0.29) is 36.9 Å². The van der Waals surface area contributed by atoms with Crippen LogP contribution in [0.25, 0.3) is 11.1 Å². The predicted octanol–water partition coefficient (Wildman–Crippen LogP) is 4.01. The maximum atomic E-state index is 15.5. The summed E-state index contributed by atoms with van der Waals surface area (Å²) < 4.78 is 72.7. The highest BCUT2D eigenvalue weighted by Crippen LogP contribution is 2.37. The molecule has 38 heavy (non-hydrogen) atoms. The fourth-order valence-electron chi connectivity index (χ4n) is 4.26. The number of alkyl halides is 1. The van der Waals surface area contributed by atoms with Crippen LogP contribution in [-0.4, -0.2) is 64.2 Å². The molecule has 0 saturated carbocycles. The van der Waals surface area contributed by atoms with Crippen LogP contribution in [0.5, 0.6) is 5.75 Å². The van der Waals surface area contributed by atoms with Crippen molar-refractivity contribution in [2.24, 2.45) is 0 Å². The van der Waals surface area contributed by atoms with Crippen LogP contribution in [0, 0.1) is 6.92 Å². The molecule has 1 heterocycles. The van der Waals surface area contributed by atoms with Crippen LogP contribution in [0.2, 0.25) is 0 Å². The number of ether oxygens (including phenoxy) is 1. The Morgan fingerprint density at radius 3 is 2.26 bits per heavy atom. The monoisotopic (exact) mass is 566 g/mol. The number of rotatable bonds is 9. The SMILES string of the molecule is Cc1ccccc1-c1cc(OC(C)C)ccc1S(=O)(=O)N1CCC(F)(C(=O)N[C@H](C)/C=C\S(C)(=O)=O)CC1. The van der Waals surface area contributed by atoms with Crippen molar-refractivity contribution < 1.29 is 30.8 Å². The molecule has 208 valence electrons. The predicted molar refractivity (Wildman–Crippen MR) is 146 cm³/mol. The minimum Gasteiger partial charge on any atom is -0.491 e. The van der Waals surface area contributed by atoms with Crippen molar-refractivity contribution in [1.29, 1.82) is 0 Å². The van der Waals surface area contributed by atoms with E-state index in [0.717, 1.165) is 22.8 Å². The molecule has 2 aromatic rings. The maximum absolute atomic E-state index is 15.5. The Hall–Kier alpha value is -2.76. The van der Waals surface area contributed by atoms with Crippen molar-refractivity contribution >= 4 is 25.8 Å². The minimum absolute atomic E-state index is 0.0817. The fourth-order valence-corrected chi connectivity index (χ4v) is 6.41. The number of aryl methyl sites for hydroxylation is 1. The summed E-state index contributed by atoms with van der Waals surface area (Å²) in [5, 5.41) is 3.41. The zero-order valence-corrected chi connectivity index (χ0v) is 23.9. The highest BCUT2D eigenvalue weighted by Gasteiger charge is 2.45. The number of sulfonamides is 1. The van der Waals surface area contributed by atoms with Gasteiger partial charge in [0.15, 0.2) is 15.5 Å². The third-order valence-electron chi connectivity index (χ3n) is 6.27. The van der Waals surface area contributed by atoms with Crippen LogP contribution in [0.1, 0.15) is 39.2 Å². The number of carbonyl (C=O) groups excluding carboxylic acids is 1. The molecule has 8 nitrogen and oxygen atoms in total. The molecule has 0 bridgehead atoms. The maximum Gasteiger partial charge on any atom is 0.258 e. The number of benzene rings is 2. The smallest absolute Gasteiger partial charge is 0.258 e. The molecule has 1 amide bonds. The van der Waals surface area contributed by atoms with Gasteiger partial charge in [-0.05, 0) is 57.0 Å². The number of piperidine rings is 1. The van der Waals surface area contributed by atoms with Gasteiger partial charge >= 0.3 is 0 Å². The van der Waals surface area contributed by atoms with Crippen LogP contribution in [0.4, 0.5) is 4.39 Å². The van der Waals surface area contributed by atoms with E-state index >= 15 is 4.39 Å². The molecule has 1 atom stereocenters. The summed E-state index contributed by atoms with van der Waals surface area (Å²) in [4.78, 5) is 12.7. The molecule has 1 aliphatic heterocycles. The Morgan fingerprint density at radius 1 is 1.05 bits per heavy atom. The summed E-state index contributed by atoms with van der Waals surface area (Å²) in [5.74, 6) is -0.356. The fraction of sp³-hybridized carbons (Fsp3) is 0.444. The summed E-state index contributed by atoms with van der Waals surface area (Å²) in [7, 11) is -7.41. The van der Waals surface area contributed by atoms with Gasteiger partial charge in [-0.2, -0.15) is 4.31 Å². The quantitative estimate of drug-likeness (QED) is 0.491. The standard InChI is InChI=1S/C27H35FN2O6S2/c1-19(2)36-22-10-11-25(24(18-22)23-9-7-6-8-20(23)3)38(34,35)30-15-13-27(28,14-16-30)26(31)29-21(4)12-17-37(5,32)33/h6-12,17-19,21H,13-16H2,1-5H3,(H,29,31)/b17-12-/t21-/m1/s1.